The van der Waals surface area contributed by atoms with Gasteiger partial charge in [0, 0.05) is 6.26 Å². The second-order valence-electron chi connectivity index (χ2n) is 4.47. The molecular formula is C10H23NO2S. The summed E-state index contributed by atoms with van der Waals surface area (Å²) >= 11 is 0. The maximum Gasteiger partial charge on any atom is 0.147 e. The summed E-state index contributed by atoms with van der Waals surface area (Å²) in [5, 5.41) is 0. The van der Waals surface area contributed by atoms with E-state index in [1.165, 1.54) is 12.7 Å². The van der Waals surface area contributed by atoms with Crippen molar-refractivity contribution in [2.75, 3.05) is 32.1 Å². The van der Waals surface area contributed by atoms with E-state index in [4.69, 9.17) is 0 Å². The minimum absolute atomic E-state index is 0.305. The van der Waals surface area contributed by atoms with Gasteiger partial charge in [-0.2, -0.15) is 0 Å². The van der Waals surface area contributed by atoms with Crippen molar-refractivity contribution in [1.82, 2.24) is 4.90 Å². The zero-order valence-corrected chi connectivity index (χ0v) is 10.6. The first kappa shape index (κ1) is 13.9. The summed E-state index contributed by atoms with van der Waals surface area (Å²) in [6.07, 6.45) is 3.21. The average Bonchev–Trinajstić information content (AvgIpc) is 1.98. The fourth-order valence-electron chi connectivity index (χ4n) is 1.19. The quantitative estimate of drug-likeness (QED) is 0.652. The SMILES string of the molecule is CC(C)CCN(C)CCCS(C)(=O)=O. The van der Waals surface area contributed by atoms with Gasteiger partial charge in [0.15, 0.2) is 0 Å². The van der Waals surface area contributed by atoms with Crippen molar-refractivity contribution >= 4 is 9.84 Å². The second-order valence-corrected chi connectivity index (χ2v) is 6.73. The Bertz CT molecular complexity index is 235. The molecule has 0 rings (SSSR count). The molecule has 0 saturated heterocycles. The number of hydrogen-bond acceptors (Lipinski definition) is 3. The third-order valence-electron chi connectivity index (χ3n) is 2.14. The van der Waals surface area contributed by atoms with Gasteiger partial charge in [0.1, 0.15) is 9.84 Å². The van der Waals surface area contributed by atoms with Crippen LogP contribution in [0.15, 0.2) is 0 Å². The molecule has 0 saturated carbocycles. The van der Waals surface area contributed by atoms with E-state index in [2.05, 4.69) is 18.7 Å². The van der Waals surface area contributed by atoms with Gasteiger partial charge >= 0.3 is 0 Å². The molecule has 0 radical (unpaired) electrons. The van der Waals surface area contributed by atoms with Crippen LogP contribution < -0.4 is 0 Å². The van der Waals surface area contributed by atoms with Crippen LogP contribution >= 0.6 is 0 Å². The van der Waals surface area contributed by atoms with E-state index in [0.29, 0.717) is 11.7 Å². The van der Waals surface area contributed by atoms with E-state index in [9.17, 15) is 8.42 Å². The fourth-order valence-corrected chi connectivity index (χ4v) is 1.84. The molecule has 0 spiro atoms. The average molecular weight is 221 g/mol. The van der Waals surface area contributed by atoms with E-state index in [1.807, 2.05) is 7.05 Å². The first-order valence-electron chi connectivity index (χ1n) is 5.17. The Kier molecular flexibility index (Phi) is 6.36. The second kappa shape index (κ2) is 6.40. The highest BCUT2D eigenvalue weighted by Crippen LogP contribution is 2.01. The summed E-state index contributed by atoms with van der Waals surface area (Å²) in [4.78, 5) is 2.20. The Labute approximate surface area is 88.4 Å². The molecule has 14 heavy (non-hydrogen) atoms. The smallest absolute Gasteiger partial charge is 0.147 e. The van der Waals surface area contributed by atoms with Crippen molar-refractivity contribution in [1.29, 1.82) is 0 Å². The summed E-state index contributed by atoms with van der Waals surface area (Å²) in [6, 6.07) is 0. The van der Waals surface area contributed by atoms with Gasteiger partial charge < -0.3 is 4.90 Å². The maximum atomic E-state index is 10.9. The van der Waals surface area contributed by atoms with Gasteiger partial charge in [0.25, 0.3) is 0 Å². The number of sulfone groups is 1. The monoisotopic (exact) mass is 221 g/mol. The lowest BCUT2D eigenvalue weighted by atomic mass is 10.1. The zero-order valence-electron chi connectivity index (χ0n) is 9.78. The third kappa shape index (κ3) is 9.99. The van der Waals surface area contributed by atoms with Crippen molar-refractivity contribution in [2.24, 2.45) is 5.92 Å². The predicted molar refractivity (Wildman–Crippen MR) is 61.3 cm³/mol. The highest BCUT2D eigenvalue weighted by atomic mass is 32.2. The summed E-state index contributed by atoms with van der Waals surface area (Å²) in [7, 11) is -0.731. The maximum absolute atomic E-state index is 10.9. The van der Waals surface area contributed by atoms with Crippen molar-refractivity contribution in [2.45, 2.75) is 26.7 Å². The van der Waals surface area contributed by atoms with Crippen LogP contribution in [-0.2, 0) is 9.84 Å². The molecule has 0 aliphatic heterocycles. The molecule has 0 aromatic rings. The lowest BCUT2D eigenvalue weighted by molar-refractivity contribution is 0.311. The van der Waals surface area contributed by atoms with E-state index in [-0.39, 0.29) is 0 Å². The van der Waals surface area contributed by atoms with Crippen molar-refractivity contribution < 1.29 is 8.42 Å². The Hall–Kier alpha value is -0.0900. The van der Waals surface area contributed by atoms with Crippen molar-refractivity contribution in [3.8, 4) is 0 Å². The molecule has 86 valence electrons. The highest BCUT2D eigenvalue weighted by Gasteiger charge is 2.04. The van der Waals surface area contributed by atoms with Gasteiger partial charge in [-0.1, -0.05) is 13.8 Å². The molecule has 3 nitrogen and oxygen atoms in total. The van der Waals surface area contributed by atoms with E-state index >= 15 is 0 Å². The summed E-state index contributed by atoms with van der Waals surface area (Å²) < 4.78 is 21.7. The number of nitrogens with zero attached hydrogens (tertiary/aromatic N) is 1. The summed E-state index contributed by atoms with van der Waals surface area (Å²) in [5.41, 5.74) is 0. The van der Waals surface area contributed by atoms with Crippen molar-refractivity contribution in [3.05, 3.63) is 0 Å². The molecule has 0 unspecified atom stereocenters. The largest absolute Gasteiger partial charge is 0.306 e. The fraction of sp³-hybridized carbons (Fsp3) is 1.00. The van der Waals surface area contributed by atoms with Crippen LogP contribution in [0.1, 0.15) is 26.7 Å². The summed E-state index contributed by atoms with van der Waals surface area (Å²) in [6.45, 7) is 6.33. The molecule has 4 heteroatoms. The number of rotatable bonds is 7. The Morgan fingerprint density at radius 3 is 2.21 bits per heavy atom. The van der Waals surface area contributed by atoms with Gasteiger partial charge in [-0.3, -0.25) is 0 Å². The lowest BCUT2D eigenvalue weighted by Gasteiger charge is -2.17. The van der Waals surface area contributed by atoms with Gasteiger partial charge in [-0.15, -0.1) is 0 Å². The topological polar surface area (TPSA) is 37.4 Å². The summed E-state index contributed by atoms with van der Waals surface area (Å²) in [5.74, 6) is 1.02. The van der Waals surface area contributed by atoms with Gasteiger partial charge in [0.05, 0.1) is 5.75 Å². The molecule has 0 fully saturated rings. The van der Waals surface area contributed by atoms with Gasteiger partial charge in [-0.25, -0.2) is 8.42 Å². The normalized spacial score (nSPS) is 12.7. The standard InChI is InChI=1S/C10H23NO2S/c1-10(2)6-8-11(3)7-5-9-14(4,12)13/h10H,5-9H2,1-4H3. The van der Waals surface area contributed by atoms with Crippen LogP contribution in [0, 0.1) is 5.92 Å². The first-order chi connectivity index (χ1) is 6.31. The van der Waals surface area contributed by atoms with Gasteiger partial charge in [-0.05, 0) is 38.9 Å². The van der Waals surface area contributed by atoms with Crippen LogP contribution in [0.25, 0.3) is 0 Å². The first-order valence-corrected chi connectivity index (χ1v) is 7.23. The molecule has 0 amide bonds. The predicted octanol–water partition coefficient (Wildman–Crippen LogP) is 1.40. The van der Waals surface area contributed by atoms with Crippen LogP contribution in [-0.4, -0.2) is 45.5 Å². The van der Waals surface area contributed by atoms with E-state index < -0.39 is 9.84 Å². The molecule has 0 N–H and O–H groups in total. The van der Waals surface area contributed by atoms with Gasteiger partial charge in [0.2, 0.25) is 0 Å². The van der Waals surface area contributed by atoms with Crippen molar-refractivity contribution in [3.63, 3.8) is 0 Å². The zero-order chi connectivity index (χ0) is 11.2. The van der Waals surface area contributed by atoms with Crippen LogP contribution in [0.4, 0.5) is 0 Å². The Balaban J connectivity index is 3.50. The minimum Gasteiger partial charge on any atom is -0.306 e. The minimum atomic E-state index is -2.78. The molecule has 0 aliphatic carbocycles. The van der Waals surface area contributed by atoms with Crippen LogP contribution in [0.2, 0.25) is 0 Å². The van der Waals surface area contributed by atoms with Crippen LogP contribution in [0.5, 0.6) is 0 Å². The molecule has 0 aromatic heterocycles. The van der Waals surface area contributed by atoms with E-state index in [0.717, 1.165) is 19.5 Å². The molecule has 0 bridgehead atoms. The Morgan fingerprint density at radius 2 is 1.79 bits per heavy atom. The molecule has 0 heterocycles. The molecule has 0 aliphatic rings. The number of hydrogen-bond donors (Lipinski definition) is 0. The van der Waals surface area contributed by atoms with E-state index in [1.54, 1.807) is 0 Å². The molecular weight excluding hydrogens is 198 g/mol. The highest BCUT2D eigenvalue weighted by molar-refractivity contribution is 7.90. The molecule has 0 aromatic carbocycles. The Morgan fingerprint density at radius 1 is 1.21 bits per heavy atom. The van der Waals surface area contributed by atoms with Crippen LogP contribution in [0.3, 0.4) is 0 Å². The third-order valence-corrected chi connectivity index (χ3v) is 3.17. The molecule has 0 atom stereocenters. The lowest BCUT2D eigenvalue weighted by Crippen LogP contribution is -2.23.